The van der Waals surface area contributed by atoms with Gasteiger partial charge in [0, 0.05) is 24.8 Å². The van der Waals surface area contributed by atoms with Crippen molar-refractivity contribution in [1.82, 2.24) is 19.5 Å². The fourth-order valence-electron chi connectivity index (χ4n) is 3.25. The maximum atomic E-state index is 12.8. The maximum absolute atomic E-state index is 12.8. The first-order chi connectivity index (χ1) is 14.5. The number of aromatic nitrogens is 3. The van der Waals surface area contributed by atoms with E-state index in [1.54, 1.807) is 24.4 Å². The Kier molecular flexibility index (Phi) is 5.86. The molecule has 0 bridgehead atoms. The average Bonchev–Trinajstić information content (AvgIpc) is 3.05. The van der Waals surface area contributed by atoms with Crippen LogP contribution in [-0.2, 0) is 10.0 Å². The number of benzene rings is 1. The Hall–Kier alpha value is -3.11. The van der Waals surface area contributed by atoms with E-state index in [0.717, 1.165) is 25.7 Å². The van der Waals surface area contributed by atoms with Crippen LogP contribution in [0, 0.1) is 0 Å². The fourth-order valence-corrected chi connectivity index (χ4v) is 4.76. The summed E-state index contributed by atoms with van der Waals surface area (Å²) in [4.78, 5) is 16.7. The van der Waals surface area contributed by atoms with Crippen LogP contribution in [0.15, 0.2) is 58.0 Å². The molecule has 0 radical (unpaired) electrons. The molecule has 9 nitrogen and oxygen atoms in total. The first-order valence-electron chi connectivity index (χ1n) is 9.70. The van der Waals surface area contributed by atoms with E-state index in [1.807, 2.05) is 0 Å². The van der Waals surface area contributed by atoms with Gasteiger partial charge < -0.3 is 4.42 Å². The molecule has 4 rings (SSSR count). The predicted molar refractivity (Wildman–Crippen MR) is 109 cm³/mol. The van der Waals surface area contributed by atoms with Crippen LogP contribution >= 0.6 is 0 Å². The zero-order chi connectivity index (χ0) is 21.0. The maximum Gasteiger partial charge on any atom is 0.322 e. The molecular formula is C20H21N5O4S. The molecule has 0 saturated carbocycles. The molecule has 1 aliphatic heterocycles. The normalized spacial score (nSPS) is 15.5. The van der Waals surface area contributed by atoms with Gasteiger partial charge in [-0.3, -0.25) is 15.1 Å². The molecule has 0 unspecified atom stereocenters. The summed E-state index contributed by atoms with van der Waals surface area (Å²) in [6, 6.07) is 11.0. The molecule has 1 aromatic carbocycles. The van der Waals surface area contributed by atoms with Crippen molar-refractivity contribution in [2.45, 2.75) is 30.6 Å². The number of nitrogens with zero attached hydrogens (tertiary/aromatic N) is 4. The number of rotatable bonds is 5. The Bertz CT molecular complexity index is 1110. The molecular weight excluding hydrogens is 406 g/mol. The molecule has 1 N–H and O–H groups in total. The summed E-state index contributed by atoms with van der Waals surface area (Å²) in [7, 11) is -3.56. The van der Waals surface area contributed by atoms with Gasteiger partial charge in [0.1, 0.15) is 5.69 Å². The summed E-state index contributed by atoms with van der Waals surface area (Å²) < 4.78 is 32.6. The molecule has 1 saturated heterocycles. The Morgan fingerprint density at radius 1 is 0.967 bits per heavy atom. The first kappa shape index (κ1) is 20.2. The van der Waals surface area contributed by atoms with Gasteiger partial charge in [-0.15, -0.1) is 5.10 Å². The van der Waals surface area contributed by atoms with E-state index in [4.69, 9.17) is 4.42 Å². The van der Waals surface area contributed by atoms with Crippen molar-refractivity contribution < 1.29 is 17.6 Å². The van der Waals surface area contributed by atoms with Gasteiger partial charge in [-0.25, -0.2) is 8.42 Å². The van der Waals surface area contributed by atoms with Crippen molar-refractivity contribution in [1.29, 1.82) is 0 Å². The summed E-state index contributed by atoms with van der Waals surface area (Å²) in [5.74, 6) is -0.297. The molecule has 0 atom stereocenters. The summed E-state index contributed by atoms with van der Waals surface area (Å²) >= 11 is 0. The van der Waals surface area contributed by atoms with Crippen molar-refractivity contribution in [3.63, 3.8) is 0 Å². The third-order valence-electron chi connectivity index (χ3n) is 4.85. The number of sulfonamides is 1. The van der Waals surface area contributed by atoms with Crippen LogP contribution in [0.2, 0.25) is 0 Å². The molecule has 10 heteroatoms. The highest BCUT2D eigenvalue weighted by atomic mass is 32.2. The van der Waals surface area contributed by atoms with Crippen LogP contribution in [0.5, 0.6) is 0 Å². The Morgan fingerprint density at radius 2 is 1.70 bits per heavy atom. The van der Waals surface area contributed by atoms with E-state index in [-0.39, 0.29) is 22.4 Å². The lowest BCUT2D eigenvalue weighted by atomic mass is 10.2. The topological polar surface area (TPSA) is 118 Å². The summed E-state index contributed by atoms with van der Waals surface area (Å²) in [6.45, 7) is 1.06. The van der Waals surface area contributed by atoms with Crippen LogP contribution in [0.25, 0.3) is 11.6 Å². The van der Waals surface area contributed by atoms with Crippen molar-refractivity contribution in [3.05, 3.63) is 54.2 Å². The smallest absolute Gasteiger partial charge is 0.322 e. The average molecular weight is 427 g/mol. The van der Waals surface area contributed by atoms with E-state index in [9.17, 15) is 13.2 Å². The Morgan fingerprint density at radius 3 is 2.37 bits per heavy atom. The number of pyridine rings is 1. The largest absolute Gasteiger partial charge is 0.401 e. The van der Waals surface area contributed by atoms with Gasteiger partial charge in [0.25, 0.3) is 11.8 Å². The zero-order valence-electron chi connectivity index (χ0n) is 16.2. The van der Waals surface area contributed by atoms with E-state index >= 15 is 0 Å². The van der Waals surface area contributed by atoms with E-state index in [2.05, 4.69) is 20.5 Å². The molecule has 1 aliphatic rings. The number of carbonyl (C=O) groups is 1. The molecule has 0 spiro atoms. The van der Waals surface area contributed by atoms with Crippen molar-refractivity contribution >= 4 is 21.9 Å². The molecule has 2 aromatic heterocycles. The monoisotopic (exact) mass is 427 g/mol. The third-order valence-corrected chi connectivity index (χ3v) is 6.76. The van der Waals surface area contributed by atoms with Gasteiger partial charge >= 0.3 is 6.01 Å². The van der Waals surface area contributed by atoms with Crippen LogP contribution < -0.4 is 5.32 Å². The number of hydrogen-bond donors (Lipinski definition) is 1. The van der Waals surface area contributed by atoms with Crippen LogP contribution in [0.1, 0.15) is 36.0 Å². The summed E-state index contributed by atoms with van der Waals surface area (Å²) in [6.07, 6.45) is 5.42. The van der Waals surface area contributed by atoms with Gasteiger partial charge in [-0.2, -0.15) is 4.31 Å². The zero-order valence-corrected chi connectivity index (χ0v) is 17.0. The molecule has 3 aromatic rings. The van der Waals surface area contributed by atoms with Gasteiger partial charge in [0.2, 0.25) is 10.0 Å². The highest BCUT2D eigenvalue weighted by Gasteiger charge is 2.25. The Balaban J connectivity index is 1.45. The van der Waals surface area contributed by atoms with E-state index in [0.29, 0.717) is 18.8 Å². The number of carbonyl (C=O) groups excluding carboxylic acids is 1. The summed E-state index contributed by atoms with van der Waals surface area (Å²) in [5.41, 5.74) is 0.774. The minimum absolute atomic E-state index is 0.0677. The first-order valence-corrected chi connectivity index (χ1v) is 11.1. The van der Waals surface area contributed by atoms with Crippen LogP contribution in [0.3, 0.4) is 0 Å². The van der Waals surface area contributed by atoms with Crippen LogP contribution in [-0.4, -0.2) is 46.9 Å². The second-order valence-electron chi connectivity index (χ2n) is 6.92. The molecule has 1 fully saturated rings. The Labute approximate surface area is 174 Å². The molecule has 156 valence electrons. The molecule has 0 aliphatic carbocycles. The fraction of sp³-hybridized carbons (Fsp3) is 0.300. The van der Waals surface area contributed by atoms with Crippen molar-refractivity contribution in [2.75, 3.05) is 18.4 Å². The number of nitrogens with one attached hydrogen (secondary N) is 1. The molecule has 1 amide bonds. The van der Waals surface area contributed by atoms with E-state index in [1.165, 1.54) is 28.6 Å². The van der Waals surface area contributed by atoms with Crippen molar-refractivity contribution in [2.24, 2.45) is 0 Å². The van der Waals surface area contributed by atoms with Gasteiger partial charge in [-0.1, -0.05) is 24.0 Å². The predicted octanol–water partition coefficient (Wildman–Crippen LogP) is 2.95. The lowest BCUT2D eigenvalue weighted by molar-refractivity contribution is 0.102. The second-order valence-corrected chi connectivity index (χ2v) is 8.86. The third kappa shape index (κ3) is 4.39. The van der Waals surface area contributed by atoms with E-state index < -0.39 is 15.9 Å². The quantitative estimate of drug-likeness (QED) is 0.665. The SMILES string of the molecule is O=C(Nc1nnc(-c2ccccn2)o1)c1ccc(S(=O)(=O)N2CCCCCC2)cc1. The van der Waals surface area contributed by atoms with Gasteiger partial charge in [-0.05, 0) is 49.2 Å². The van der Waals surface area contributed by atoms with Crippen LogP contribution in [0.4, 0.5) is 6.01 Å². The number of anilines is 1. The standard InChI is InChI=1S/C20H21N5O4S/c26-18(22-20-24-23-19(29-20)17-7-3-4-12-21-17)15-8-10-16(11-9-15)30(27,28)25-13-5-1-2-6-14-25/h3-4,7-12H,1-2,5-6,13-14H2,(H,22,24,26). The lowest BCUT2D eigenvalue weighted by Crippen LogP contribution is -2.31. The molecule has 30 heavy (non-hydrogen) atoms. The highest BCUT2D eigenvalue weighted by molar-refractivity contribution is 7.89. The van der Waals surface area contributed by atoms with Gasteiger partial charge in [0.15, 0.2) is 0 Å². The highest BCUT2D eigenvalue weighted by Crippen LogP contribution is 2.21. The second kappa shape index (κ2) is 8.72. The summed E-state index contributed by atoms with van der Waals surface area (Å²) in [5, 5.41) is 10.2. The molecule has 3 heterocycles. The number of hydrogen-bond acceptors (Lipinski definition) is 7. The minimum Gasteiger partial charge on any atom is -0.401 e. The lowest BCUT2D eigenvalue weighted by Gasteiger charge is -2.19. The van der Waals surface area contributed by atoms with Crippen molar-refractivity contribution in [3.8, 4) is 11.6 Å². The van der Waals surface area contributed by atoms with Gasteiger partial charge in [0.05, 0.1) is 4.90 Å². The number of amides is 1. The minimum atomic E-state index is -3.56.